The number of hydrogen-bond acceptors (Lipinski definition) is 4. The molecule has 2 bridgehead atoms. The molecule has 0 radical (unpaired) electrons. The van der Waals surface area contributed by atoms with Gasteiger partial charge in [-0.2, -0.15) is 0 Å². The fraction of sp³-hybridized carbons (Fsp3) is 0.353. The number of carbonyl (C=O) groups excluding carboxylic acids is 3. The van der Waals surface area contributed by atoms with Gasteiger partial charge in [-0.25, -0.2) is 4.90 Å². The molecule has 6 nitrogen and oxygen atoms in total. The van der Waals surface area contributed by atoms with E-state index < -0.39 is 17.8 Å². The third kappa shape index (κ3) is 1.72. The second-order valence-corrected chi connectivity index (χ2v) is 6.11. The van der Waals surface area contributed by atoms with Crippen LogP contribution in [0.2, 0.25) is 0 Å². The molecule has 4 atom stereocenters. The Kier molecular flexibility index (Phi) is 2.85. The van der Waals surface area contributed by atoms with Gasteiger partial charge in [-0.1, -0.05) is 12.2 Å². The van der Waals surface area contributed by atoms with Gasteiger partial charge in [-0.05, 0) is 24.3 Å². The van der Waals surface area contributed by atoms with Crippen molar-refractivity contribution in [3.05, 3.63) is 36.4 Å². The molecule has 3 heterocycles. The predicted molar refractivity (Wildman–Crippen MR) is 81.7 cm³/mol. The van der Waals surface area contributed by atoms with Crippen LogP contribution in [0, 0.1) is 17.8 Å². The van der Waals surface area contributed by atoms with E-state index in [1.54, 1.807) is 49.4 Å². The van der Waals surface area contributed by atoms with Gasteiger partial charge in [-0.15, -0.1) is 0 Å². The highest BCUT2D eigenvalue weighted by Crippen LogP contribution is 2.46. The third-order valence-electron chi connectivity index (χ3n) is 5.08. The number of piperidine rings is 1. The number of amides is 3. The molecular formula is C17H16N2O4. The van der Waals surface area contributed by atoms with Crippen molar-refractivity contribution in [2.75, 3.05) is 19.1 Å². The summed E-state index contributed by atoms with van der Waals surface area (Å²) in [6.45, 7) is 0. The number of methoxy groups -OCH3 is 1. The van der Waals surface area contributed by atoms with E-state index in [2.05, 4.69) is 0 Å². The number of carbonyl (C=O) groups is 3. The number of benzene rings is 1. The fourth-order valence-electron chi connectivity index (χ4n) is 3.90. The molecule has 6 heteroatoms. The molecule has 1 aromatic rings. The summed E-state index contributed by atoms with van der Waals surface area (Å²) in [5.74, 6) is -1.55. The highest BCUT2D eigenvalue weighted by atomic mass is 16.5. The number of fused-ring (bicyclic) bond motifs is 1. The first-order valence-corrected chi connectivity index (χ1v) is 7.51. The molecule has 0 aromatic heterocycles. The average molecular weight is 312 g/mol. The van der Waals surface area contributed by atoms with E-state index in [9.17, 15) is 14.4 Å². The summed E-state index contributed by atoms with van der Waals surface area (Å²) in [6.07, 6.45) is 3.65. The van der Waals surface area contributed by atoms with E-state index in [1.165, 1.54) is 4.90 Å². The van der Waals surface area contributed by atoms with Crippen LogP contribution in [0.1, 0.15) is 0 Å². The Morgan fingerprint density at radius 2 is 1.57 bits per heavy atom. The van der Waals surface area contributed by atoms with Crippen LogP contribution in [-0.2, 0) is 14.4 Å². The Hall–Kier alpha value is -2.63. The number of nitrogens with zero attached hydrogens (tertiary/aromatic N) is 2. The lowest BCUT2D eigenvalue weighted by atomic mass is 9.70. The predicted octanol–water partition coefficient (Wildman–Crippen LogP) is 0.827. The lowest BCUT2D eigenvalue weighted by Gasteiger charge is -2.44. The topological polar surface area (TPSA) is 66.9 Å². The Morgan fingerprint density at radius 3 is 2.22 bits per heavy atom. The molecule has 1 aliphatic carbocycles. The lowest BCUT2D eigenvalue weighted by Crippen LogP contribution is -2.57. The molecule has 0 N–H and O–H groups in total. The number of likely N-dealkylation sites (N-methyl/N-ethyl adjacent to an activating group) is 1. The van der Waals surface area contributed by atoms with Gasteiger partial charge in [0.2, 0.25) is 17.7 Å². The van der Waals surface area contributed by atoms with Crippen molar-refractivity contribution in [3.63, 3.8) is 0 Å². The summed E-state index contributed by atoms with van der Waals surface area (Å²) in [5.41, 5.74) is 0.518. The molecule has 0 spiro atoms. The van der Waals surface area contributed by atoms with Crippen LogP contribution >= 0.6 is 0 Å². The van der Waals surface area contributed by atoms with Crippen LogP contribution in [0.4, 0.5) is 5.69 Å². The molecule has 2 saturated heterocycles. The van der Waals surface area contributed by atoms with Crippen molar-refractivity contribution in [2.24, 2.45) is 17.8 Å². The summed E-state index contributed by atoms with van der Waals surface area (Å²) in [6, 6.07) is 6.46. The lowest BCUT2D eigenvalue weighted by molar-refractivity contribution is -0.148. The van der Waals surface area contributed by atoms with E-state index in [4.69, 9.17) is 4.74 Å². The van der Waals surface area contributed by atoms with Crippen molar-refractivity contribution in [2.45, 2.75) is 6.04 Å². The quantitative estimate of drug-likeness (QED) is 0.599. The number of rotatable bonds is 2. The van der Waals surface area contributed by atoms with E-state index >= 15 is 0 Å². The van der Waals surface area contributed by atoms with Gasteiger partial charge in [0.05, 0.1) is 36.6 Å². The van der Waals surface area contributed by atoms with Crippen LogP contribution in [0.5, 0.6) is 5.75 Å². The van der Waals surface area contributed by atoms with Crippen LogP contribution in [-0.4, -0.2) is 42.8 Å². The molecule has 3 aliphatic heterocycles. The number of anilines is 1. The zero-order chi connectivity index (χ0) is 16.3. The summed E-state index contributed by atoms with van der Waals surface area (Å²) < 4.78 is 5.10. The van der Waals surface area contributed by atoms with Crippen LogP contribution < -0.4 is 9.64 Å². The Balaban J connectivity index is 1.74. The molecule has 23 heavy (non-hydrogen) atoms. The average Bonchev–Trinajstić information content (AvgIpc) is 2.84. The molecule has 5 rings (SSSR count). The Morgan fingerprint density at radius 1 is 0.913 bits per heavy atom. The minimum Gasteiger partial charge on any atom is -0.497 e. The first kappa shape index (κ1) is 14.0. The van der Waals surface area contributed by atoms with Gasteiger partial charge in [-0.3, -0.25) is 14.4 Å². The minimum atomic E-state index is -0.580. The Labute approximate surface area is 133 Å². The molecule has 4 aliphatic rings. The first-order chi connectivity index (χ1) is 11.0. The second-order valence-electron chi connectivity index (χ2n) is 6.11. The van der Waals surface area contributed by atoms with Gasteiger partial charge >= 0.3 is 0 Å². The largest absolute Gasteiger partial charge is 0.497 e. The van der Waals surface area contributed by atoms with E-state index in [0.717, 1.165) is 0 Å². The third-order valence-corrected chi connectivity index (χ3v) is 5.08. The Bertz CT molecular complexity index is 739. The molecule has 2 fully saturated rings. The highest BCUT2D eigenvalue weighted by Gasteiger charge is 2.61. The summed E-state index contributed by atoms with van der Waals surface area (Å²) in [5, 5.41) is 0. The molecule has 3 amide bonds. The van der Waals surface area contributed by atoms with Gasteiger partial charge < -0.3 is 9.64 Å². The standard InChI is InChI=1S/C17H16N2O4/c1-18-12-8-7-11(15(18)20)13-14(12)17(22)19(16(13)21)9-3-5-10(23-2)6-4-9/h3-8,11-14H,1-2H3. The monoisotopic (exact) mass is 312 g/mol. The first-order valence-electron chi connectivity index (χ1n) is 7.51. The van der Waals surface area contributed by atoms with E-state index in [1.807, 2.05) is 6.08 Å². The van der Waals surface area contributed by atoms with Crippen molar-refractivity contribution in [3.8, 4) is 5.75 Å². The summed E-state index contributed by atoms with van der Waals surface area (Å²) in [7, 11) is 3.24. The maximum atomic E-state index is 12.8. The molecule has 1 aromatic carbocycles. The van der Waals surface area contributed by atoms with Crippen molar-refractivity contribution >= 4 is 23.4 Å². The van der Waals surface area contributed by atoms with Gasteiger partial charge in [0.1, 0.15) is 5.75 Å². The van der Waals surface area contributed by atoms with E-state index in [0.29, 0.717) is 11.4 Å². The zero-order valence-electron chi connectivity index (χ0n) is 12.8. The van der Waals surface area contributed by atoms with Crippen molar-refractivity contribution in [1.82, 2.24) is 4.90 Å². The molecule has 4 unspecified atom stereocenters. The van der Waals surface area contributed by atoms with Crippen LogP contribution in [0.3, 0.4) is 0 Å². The normalized spacial score (nSPS) is 31.8. The maximum Gasteiger partial charge on any atom is 0.240 e. The smallest absolute Gasteiger partial charge is 0.240 e. The molecule has 118 valence electrons. The number of imide groups is 1. The molecular weight excluding hydrogens is 296 g/mol. The summed E-state index contributed by atoms with van der Waals surface area (Å²) >= 11 is 0. The summed E-state index contributed by atoms with van der Waals surface area (Å²) in [4.78, 5) is 40.7. The maximum absolute atomic E-state index is 12.8. The number of ether oxygens (including phenoxy) is 1. The van der Waals surface area contributed by atoms with Gasteiger partial charge in [0, 0.05) is 7.05 Å². The SMILES string of the molecule is COc1ccc(N2C(=O)C3C4C=CC(C3C2=O)N(C)C4=O)cc1. The van der Waals surface area contributed by atoms with Crippen molar-refractivity contribution in [1.29, 1.82) is 0 Å². The van der Waals surface area contributed by atoms with Gasteiger partial charge in [0.25, 0.3) is 0 Å². The zero-order valence-corrected chi connectivity index (χ0v) is 12.8. The minimum absolute atomic E-state index is 0.0866. The number of hydrogen-bond donors (Lipinski definition) is 0. The van der Waals surface area contributed by atoms with Gasteiger partial charge in [0.15, 0.2) is 0 Å². The highest BCUT2D eigenvalue weighted by molar-refractivity contribution is 6.24. The fourth-order valence-corrected chi connectivity index (χ4v) is 3.90. The molecule has 0 saturated carbocycles. The van der Waals surface area contributed by atoms with Crippen LogP contribution in [0.25, 0.3) is 0 Å². The van der Waals surface area contributed by atoms with E-state index in [-0.39, 0.29) is 23.8 Å². The van der Waals surface area contributed by atoms with Crippen molar-refractivity contribution < 1.29 is 19.1 Å². The second kappa shape index (κ2) is 4.68. The van der Waals surface area contributed by atoms with Crippen LogP contribution in [0.15, 0.2) is 36.4 Å².